The molecule has 0 N–H and O–H groups in total. The van der Waals surface area contributed by atoms with Crippen molar-refractivity contribution in [3.63, 3.8) is 0 Å². The fourth-order valence-electron chi connectivity index (χ4n) is 20.9. The predicted octanol–water partition coefficient (Wildman–Crippen LogP) is 11.3. The fourth-order valence-corrected chi connectivity index (χ4v) is 25.5. The Hall–Kier alpha value is -8.71. The molecule has 20 rings (SSSR count). The maximum absolute atomic E-state index is 12.3. The van der Waals surface area contributed by atoms with Crippen LogP contribution in [-0.2, 0) is 111 Å². The van der Waals surface area contributed by atoms with Gasteiger partial charge in [-0.2, -0.15) is 4.31 Å². The zero-order chi connectivity index (χ0) is 87.3. The summed E-state index contributed by atoms with van der Waals surface area (Å²) in [6, 6.07) is 9.17. The van der Waals surface area contributed by atoms with Crippen LogP contribution in [0.25, 0.3) is 18.2 Å². The highest BCUT2D eigenvalue weighted by atomic mass is 35.5. The summed E-state index contributed by atoms with van der Waals surface area (Å²) >= 11 is 12.7. The SMILES string of the molecule is C.C[C@@H]1Cc2ncnc(C3CCCN(S(C)(=O)=O)CC3)c2CN1c1ccnc2c1C=CC2.C[C@@H]1Cc2ncnc(C3CCN(S(C)(=O)=O)C(C)(C)C3)c2CN1c1cc(Cl)nc2c1C=CC2.C[C@@H]1Cc2ncnc(N3CC4(C3)CN(S(C)(=O)=O)C4)c2CN1c1cc(Cl)nc2c1C=CC2.Cc1nccc(N2Cc3c(ncnc3C3CCN(S(C)(=O)=O)CC3)C[C@H]2C)n1. The van der Waals surface area contributed by atoms with Crippen molar-refractivity contribution in [3.05, 3.63) is 192 Å². The molecule has 0 aromatic carbocycles. The molecule has 0 bridgehead atoms. The van der Waals surface area contributed by atoms with Gasteiger partial charge >= 0.3 is 0 Å². The van der Waals surface area contributed by atoms with Crippen molar-refractivity contribution >= 4 is 110 Å². The smallest absolute Gasteiger partial charge is 0.211 e. The van der Waals surface area contributed by atoms with E-state index in [4.69, 9.17) is 33.2 Å². The van der Waals surface area contributed by atoms with Crippen LogP contribution < -0.4 is 24.5 Å². The molecule has 9 aliphatic heterocycles. The van der Waals surface area contributed by atoms with Gasteiger partial charge in [0.2, 0.25) is 40.1 Å². The highest BCUT2D eigenvalue weighted by Gasteiger charge is 2.55. The molecule has 12 aliphatic rings. The van der Waals surface area contributed by atoms with Crippen LogP contribution >= 0.6 is 23.2 Å². The zero-order valence-corrected chi connectivity index (χ0v) is 77.1. The number of nitrogens with zero attached hydrogens (tertiary/aromatic N) is 22. The first-order valence-electron chi connectivity index (χ1n) is 43.1. The number of sulfonamides is 4. The fraction of sp³-hybridized carbons (Fsp3) is 0.539. The lowest BCUT2D eigenvalue weighted by atomic mass is 9.74. The second-order valence-corrected chi connectivity index (χ2v) is 45.1. The van der Waals surface area contributed by atoms with Gasteiger partial charge < -0.3 is 24.5 Å². The minimum absolute atomic E-state index is 0. The van der Waals surface area contributed by atoms with Crippen LogP contribution in [0.4, 0.5) is 28.7 Å². The van der Waals surface area contributed by atoms with E-state index in [1.54, 1.807) is 48.7 Å². The average Bonchev–Trinajstić information content (AvgIpc) is 1.11. The number of aromatic nitrogens is 13. The maximum atomic E-state index is 12.3. The molecule has 2 unspecified atom stereocenters. The van der Waals surface area contributed by atoms with E-state index >= 15 is 0 Å². The van der Waals surface area contributed by atoms with Gasteiger partial charge in [0.15, 0.2) is 0 Å². The van der Waals surface area contributed by atoms with Gasteiger partial charge in [-0.15, -0.1) is 0 Å². The summed E-state index contributed by atoms with van der Waals surface area (Å²) in [6.07, 6.45) is 40.1. The molecule has 30 nitrogen and oxygen atoms in total. The molecule has 0 saturated carbocycles. The molecule has 125 heavy (non-hydrogen) atoms. The monoisotopic (exact) mass is 1820 g/mol. The lowest BCUT2D eigenvalue weighted by Crippen LogP contribution is -2.73. The Morgan fingerprint density at radius 2 is 0.832 bits per heavy atom. The van der Waals surface area contributed by atoms with Crippen LogP contribution in [0.2, 0.25) is 10.3 Å². The summed E-state index contributed by atoms with van der Waals surface area (Å²) < 4.78 is 102. The molecule has 8 aromatic rings. The molecular formula is C89H114Cl2N22O8S4. The lowest BCUT2D eigenvalue weighted by Gasteiger charge is -2.60. The number of piperidine rings is 2. The van der Waals surface area contributed by atoms with Crippen LogP contribution in [0.1, 0.15) is 213 Å². The van der Waals surface area contributed by atoms with E-state index in [0.29, 0.717) is 75.3 Å². The van der Waals surface area contributed by atoms with E-state index in [0.717, 1.165) is 219 Å². The Balaban J connectivity index is 0.000000123. The number of fused-ring (bicyclic) bond motifs is 7. The number of pyridine rings is 3. The minimum Gasteiger partial charge on any atom is -0.363 e. The minimum atomic E-state index is -3.25. The largest absolute Gasteiger partial charge is 0.363 e. The topological polar surface area (TPSA) is 333 Å². The molecule has 0 amide bonds. The molecule has 0 radical (unpaired) electrons. The first-order valence-corrected chi connectivity index (χ1v) is 51.3. The van der Waals surface area contributed by atoms with E-state index in [1.165, 1.54) is 53.0 Å². The van der Waals surface area contributed by atoms with Crippen molar-refractivity contribution in [2.24, 2.45) is 5.41 Å². The number of rotatable bonds is 12. The van der Waals surface area contributed by atoms with Gasteiger partial charge in [-0.25, -0.2) is 106 Å². The van der Waals surface area contributed by atoms with E-state index in [1.807, 2.05) is 45.2 Å². The van der Waals surface area contributed by atoms with Gasteiger partial charge in [-0.1, -0.05) is 67.1 Å². The van der Waals surface area contributed by atoms with E-state index in [9.17, 15) is 33.7 Å². The Morgan fingerprint density at radius 1 is 0.416 bits per heavy atom. The highest BCUT2D eigenvalue weighted by molar-refractivity contribution is 7.89. The number of aryl methyl sites for hydroxylation is 1. The predicted molar refractivity (Wildman–Crippen MR) is 490 cm³/mol. The van der Waals surface area contributed by atoms with Crippen molar-refractivity contribution < 1.29 is 33.7 Å². The highest BCUT2D eigenvalue weighted by Crippen LogP contribution is 2.48. The molecule has 8 aromatic heterocycles. The normalized spacial score (nSPS) is 23.3. The second-order valence-electron chi connectivity index (χ2n) is 36.5. The standard InChI is InChI=1S/C24H30ClN5O2S.C23H29N5O2S.C22H25ClN6O2S.C19H26N6O2S.CH4/c1-15-10-20-18(13-29(15)21-11-22(25)28-19-7-5-6-17(19)21)23(27-14-26-20)16-8-9-30(33(4,31)32)24(2,3)12-16;1-16-13-21-19(14-28(16)22-8-10-24-20-7-3-6-18(20)22)23(26-15-25-21)17-5-4-11-27(12-9-17)31(2,29)30;1-14-6-18-16(8-29(14)19-7-20(23)26-17-5-3-4-15(17)19)21(25-13-24-18)27-9-22(10-27)11-28(12-22)32(2,30)31;1-13-10-17-16(11-25(13)18-4-7-20-14(2)23-18)19(22-12-21-17)15-5-8-24(9-6-15)28(3,26)27;/h5-6,11,14-16H,7-10,12-13H2,1-4H3;3,6,8,10,15-17H,4-5,7,9,11-14H2,1-2H3;3-4,7,13-14H,5-6,8-12H2,1-2H3;4,7,12-13,15H,5-6,8-11H2,1-3H3;1H4/t15-,16?;16-,17?;14-;13-;/m1111./s1. The molecule has 5 fully saturated rings. The van der Waals surface area contributed by atoms with Crippen molar-refractivity contribution in [1.82, 2.24) is 82.0 Å². The van der Waals surface area contributed by atoms with Crippen molar-refractivity contribution in [2.45, 2.75) is 219 Å². The van der Waals surface area contributed by atoms with Gasteiger partial charge in [-0.05, 0) is 118 Å². The van der Waals surface area contributed by atoms with Gasteiger partial charge in [0.1, 0.15) is 53.1 Å². The first kappa shape index (κ1) is 89.7. The Morgan fingerprint density at radius 3 is 1.32 bits per heavy atom. The van der Waals surface area contributed by atoms with Crippen LogP contribution in [0.3, 0.4) is 0 Å². The molecule has 3 aliphatic carbocycles. The summed E-state index contributed by atoms with van der Waals surface area (Å²) in [5, 5.41) is 1.04. The maximum Gasteiger partial charge on any atom is 0.211 e. The molecule has 36 heteroatoms. The average molecular weight is 1820 g/mol. The summed E-state index contributed by atoms with van der Waals surface area (Å²) in [5.41, 5.74) is 22.2. The molecular weight excluding hydrogens is 1700 g/mol. The Bertz CT molecular complexity index is 6050. The summed E-state index contributed by atoms with van der Waals surface area (Å²) in [4.78, 5) is 71.4. The van der Waals surface area contributed by atoms with E-state index in [2.05, 4.69) is 150 Å². The molecule has 6 atom stereocenters. The van der Waals surface area contributed by atoms with Gasteiger partial charge in [0.25, 0.3) is 0 Å². The van der Waals surface area contributed by atoms with Crippen LogP contribution in [0.15, 0.2) is 80.2 Å². The third kappa shape index (κ3) is 18.6. The second kappa shape index (κ2) is 35.4. The van der Waals surface area contributed by atoms with Crippen molar-refractivity contribution in [3.8, 4) is 0 Å². The van der Waals surface area contributed by atoms with E-state index < -0.39 is 45.6 Å². The van der Waals surface area contributed by atoms with Gasteiger partial charge in [0.05, 0.1) is 82.0 Å². The third-order valence-electron chi connectivity index (χ3n) is 27.2. The number of halogens is 2. The molecule has 5 saturated heterocycles. The Labute approximate surface area is 746 Å². The van der Waals surface area contributed by atoms with Crippen molar-refractivity contribution in [1.29, 1.82) is 0 Å². The lowest BCUT2D eigenvalue weighted by molar-refractivity contribution is 0.0393. The number of hydrogen-bond donors (Lipinski definition) is 0. The summed E-state index contributed by atoms with van der Waals surface area (Å²) in [5.74, 6) is 3.37. The molecule has 666 valence electrons. The summed E-state index contributed by atoms with van der Waals surface area (Å²) in [7, 11) is -12.6. The van der Waals surface area contributed by atoms with Gasteiger partial charge in [-0.3, -0.25) is 4.98 Å². The first-order chi connectivity index (χ1) is 59.0. The third-order valence-corrected chi connectivity index (χ3v) is 32.9. The van der Waals surface area contributed by atoms with Crippen LogP contribution in [0, 0.1) is 12.3 Å². The quantitative estimate of drug-likeness (QED) is 0.103. The number of allylic oxidation sites excluding steroid dienone is 3. The van der Waals surface area contributed by atoms with Crippen LogP contribution in [-0.4, -0.2) is 229 Å². The number of anilines is 5. The summed E-state index contributed by atoms with van der Waals surface area (Å²) in [6.45, 7) is 23.4. The molecule has 1 spiro atoms. The van der Waals surface area contributed by atoms with Crippen LogP contribution in [0.5, 0.6) is 0 Å². The number of hydrogen-bond acceptors (Lipinski definition) is 26. The molecule has 17 heterocycles. The Kier molecular flexibility index (Phi) is 25.4. The zero-order valence-electron chi connectivity index (χ0n) is 72.4. The van der Waals surface area contributed by atoms with E-state index in [-0.39, 0.29) is 48.7 Å². The van der Waals surface area contributed by atoms with Gasteiger partial charge in [0, 0.05) is 251 Å². The van der Waals surface area contributed by atoms with Crippen molar-refractivity contribution in [2.75, 3.05) is 108 Å².